The van der Waals surface area contributed by atoms with E-state index in [0.29, 0.717) is 17.8 Å². The summed E-state index contributed by atoms with van der Waals surface area (Å²) in [5.41, 5.74) is 0.868. The highest BCUT2D eigenvalue weighted by molar-refractivity contribution is 6.00. The second kappa shape index (κ2) is 6.13. The van der Waals surface area contributed by atoms with E-state index in [9.17, 15) is 14.7 Å². The summed E-state index contributed by atoms with van der Waals surface area (Å²) in [6, 6.07) is 5.35. The van der Waals surface area contributed by atoms with Crippen molar-refractivity contribution in [1.82, 2.24) is 4.90 Å². The van der Waals surface area contributed by atoms with Crippen molar-refractivity contribution in [1.29, 1.82) is 0 Å². The second-order valence-corrected chi connectivity index (χ2v) is 8.44. The summed E-state index contributed by atoms with van der Waals surface area (Å²) in [6.45, 7) is 8.12. The molecule has 25 heavy (non-hydrogen) atoms. The van der Waals surface area contributed by atoms with Gasteiger partial charge in [-0.1, -0.05) is 26.8 Å². The van der Waals surface area contributed by atoms with E-state index in [1.54, 1.807) is 12.1 Å². The number of benzene rings is 1. The van der Waals surface area contributed by atoms with Crippen LogP contribution in [0.4, 0.5) is 5.69 Å². The normalized spacial score (nSPS) is 22.0. The number of aliphatic hydroxyl groups is 1. The van der Waals surface area contributed by atoms with Crippen molar-refractivity contribution >= 4 is 17.5 Å². The van der Waals surface area contributed by atoms with Gasteiger partial charge >= 0.3 is 0 Å². The lowest BCUT2D eigenvalue weighted by Gasteiger charge is -2.29. The molecule has 2 fully saturated rings. The first-order valence-electron chi connectivity index (χ1n) is 9.08. The molecule has 1 atom stereocenters. The molecule has 5 nitrogen and oxygen atoms in total. The van der Waals surface area contributed by atoms with Crippen molar-refractivity contribution in [2.24, 2.45) is 5.41 Å². The molecule has 3 rings (SSSR count). The van der Waals surface area contributed by atoms with Gasteiger partial charge in [-0.25, -0.2) is 0 Å². The van der Waals surface area contributed by atoms with Gasteiger partial charge in [-0.2, -0.15) is 0 Å². The largest absolute Gasteiger partial charge is 0.388 e. The van der Waals surface area contributed by atoms with E-state index < -0.39 is 11.0 Å². The molecule has 0 aromatic heterocycles. The number of carbonyl (C=O) groups excluding carboxylic acids is 2. The Morgan fingerprint density at radius 1 is 1.28 bits per heavy atom. The molecule has 2 N–H and O–H groups in total. The molecule has 136 valence electrons. The van der Waals surface area contributed by atoms with Crippen LogP contribution in [-0.2, 0) is 4.79 Å². The Hall–Kier alpha value is -1.88. The first-order valence-corrected chi connectivity index (χ1v) is 9.08. The van der Waals surface area contributed by atoms with Crippen LogP contribution in [0.1, 0.15) is 62.4 Å². The summed E-state index contributed by atoms with van der Waals surface area (Å²) in [5, 5.41) is 13.4. The van der Waals surface area contributed by atoms with E-state index in [4.69, 9.17) is 0 Å². The molecule has 1 aromatic rings. The number of hydrogen-bond donors (Lipinski definition) is 2. The number of amides is 2. The maximum Gasteiger partial charge on any atom is 0.254 e. The topological polar surface area (TPSA) is 69.6 Å². The summed E-state index contributed by atoms with van der Waals surface area (Å²) in [7, 11) is 0. The third kappa shape index (κ3) is 3.43. The Morgan fingerprint density at radius 3 is 2.56 bits per heavy atom. The van der Waals surface area contributed by atoms with Crippen LogP contribution in [-0.4, -0.2) is 40.0 Å². The highest BCUT2D eigenvalue weighted by Gasteiger charge is 2.52. The summed E-state index contributed by atoms with van der Waals surface area (Å²) >= 11 is 0. The van der Waals surface area contributed by atoms with Crippen molar-refractivity contribution in [2.45, 2.75) is 65.0 Å². The van der Waals surface area contributed by atoms with Gasteiger partial charge in [0.2, 0.25) is 5.91 Å². The van der Waals surface area contributed by atoms with E-state index in [0.717, 1.165) is 31.2 Å². The van der Waals surface area contributed by atoms with Crippen molar-refractivity contribution in [2.75, 3.05) is 11.9 Å². The molecule has 1 heterocycles. The fourth-order valence-electron chi connectivity index (χ4n) is 3.50. The van der Waals surface area contributed by atoms with Crippen LogP contribution in [0.2, 0.25) is 0 Å². The lowest BCUT2D eigenvalue weighted by molar-refractivity contribution is -0.123. The Balaban J connectivity index is 1.84. The van der Waals surface area contributed by atoms with Gasteiger partial charge in [0.05, 0.1) is 11.6 Å². The molecule has 1 saturated carbocycles. The molecule has 0 spiro atoms. The summed E-state index contributed by atoms with van der Waals surface area (Å²) < 4.78 is 0. The van der Waals surface area contributed by atoms with E-state index in [1.807, 2.05) is 38.7 Å². The van der Waals surface area contributed by atoms with E-state index >= 15 is 0 Å². The van der Waals surface area contributed by atoms with Crippen LogP contribution in [0.15, 0.2) is 18.2 Å². The molecule has 2 aliphatic rings. The quantitative estimate of drug-likeness (QED) is 0.885. The third-order valence-corrected chi connectivity index (χ3v) is 5.39. The minimum absolute atomic E-state index is 0.0489. The number of rotatable bonds is 3. The van der Waals surface area contributed by atoms with Crippen molar-refractivity contribution < 1.29 is 14.7 Å². The van der Waals surface area contributed by atoms with E-state index in [1.165, 1.54) is 0 Å². The predicted molar refractivity (Wildman–Crippen MR) is 97.5 cm³/mol. The lowest BCUT2D eigenvalue weighted by atomic mass is 9.95. The Labute approximate surface area is 149 Å². The molecular weight excluding hydrogens is 316 g/mol. The van der Waals surface area contributed by atoms with Gasteiger partial charge in [0.1, 0.15) is 0 Å². The van der Waals surface area contributed by atoms with Gasteiger partial charge in [0.25, 0.3) is 5.91 Å². The summed E-state index contributed by atoms with van der Waals surface area (Å²) in [4.78, 5) is 27.2. The SMILES string of the molecule is Cc1c(NC(=O)C(C)(C)C)cccc1C(=O)N1CCCC1C1(O)CC1. The molecule has 1 aliphatic carbocycles. The molecule has 1 aromatic carbocycles. The average molecular weight is 344 g/mol. The maximum absolute atomic E-state index is 13.1. The highest BCUT2D eigenvalue weighted by atomic mass is 16.3. The molecule has 0 bridgehead atoms. The fourth-order valence-corrected chi connectivity index (χ4v) is 3.50. The monoisotopic (exact) mass is 344 g/mol. The van der Waals surface area contributed by atoms with Gasteiger partial charge in [-0.3, -0.25) is 9.59 Å². The molecule has 2 amide bonds. The van der Waals surface area contributed by atoms with Gasteiger partial charge < -0.3 is 15.3 Å². The number of nitrogens with zero attached hydrogens (tertiary/aromatic N) is 1. The Kier molecular flexibility index (Phi) is 4.40. The molecule has 1 unspecified atom stereocenters. The molecule has 5 heteroatoms. The molecule has 1 saturated heterocycles. The standard InChI is InChI=1S/C20H28N2O3/c1-13-14(7-5-8-15(13)21-18(24)19(2,3)4)17(23)22-12-6-9-16(22)20(25)10-11-20/h5,7-8,16,25H,6,9-12H2,1-4H3,(H,21,24). The molecular formula is C20H28N2O3. The molecule has 1 aliphatic heterocycles. The van der Waals surface area contributed by atoms with Crippen LogP contribution in [0, 0.1) is 12.3 Å². The van der Waals surface area contributed by atoms with Gasteiger partial charge in [-0.05, 0) is 50.3 Å². The smallest absolute Gasteiger partial charge is 0.254 e. The summed E-state index contributed by atoms with van der Waals surface area (Å²) in [6.07, 6.45) is 3.35. The van der Waals surface area contributed by atoms with Crippen LogP contribution in [0.3, 0.4) is 0 Å². The average Bonchev–Trinajstić information content (AvgIpc) is 3.09. The maximum atomic E-state index is 13.1. The van der Waals surface area contributed by atoms with Gasteiger partial charge in [-0.15, -0.1) is 0 Å². The molecule has 0 radical (unpaired) electrons. The number of carbonyl (C=O) groups is 2. The minimum Gasteiger partial charge on any atom is -0.388 e. The van der Waals surface area contributed by atoms with Crippen LogP contribution >= 0.6 is 0 Å². The first-order chi connectivity index (χ1) is 11.6. The fraction of sp³-hybridized carbons (Fsp3) is 0.600. The third-order valence-electron chi connectivity index (χ3n) is 5.39. The number of anilines is 1. The minimum atomic E-state index is -0.682. The van der Waals surface area contributed by atoms with Crippen molar-refractivity contribution in [3.05, 3.63) is 29.3 Å². The second-order valence-electron chi connectivity index (χ2n) is 8.44. The van der Waals surface area contributed by atoms with Crippen LogP contribution < -0.4 is 5.32 Å². The number of nitrogens with one attached hydrogen (secondary N) is 1. The number of likely N-dealkylation sites (tertiary alicyclic amines) is 1. The number of hydrogen-bond acceptors (Lipinski definition) is 3. The summed E-state index contributed by atoms with van der Waals surface area (Å²) in [5.74, 6) is -0.126. The van der Waals surface area contributed by atoms with Gasteiger partial charge in [0.15, 0.2) is 0 Å². The Bertz CT molecular complexity index is 701. The van der Waals surface area contributed by atoms with Crippen molar-refractivity contribution in [3.8, 4) is 0 Å². The Morgan fingerprint density at radius 2 is 1.96 bits per heavy atom. The predicted octanol–water partition coefficient (Wildman–Crippen LogP) is 3.11. The van der Waals surface area contributed by atoms with Crippen LogP contribution in [0.5, 0.6) is 0 Å². The van der Waals surface area contributed by atoms with Crippen molar-refractivity contribution in [3.63, 3.8) is 0 Å². The zero-order valence-corrected chi connectivity index (χ0v) is 15.6. The van der Waals surface area contributed by atoms with Gasteiger partial charge in [0, 0.05) is 23.2 Å². The van der Waals surface area contributed by atoms with E-state index in [2.05, 4.69) is 5.32 Å². The van der Waals surface area contributed by atoms with E-state index in [-0.39, 0.29) is 17.9 Å². The first kappa shape index (κ1) is 17.9. The zero-order valence-electron chi connectivity index (χ0n) is 15.6. The lowest BCUT2D eigenvalue weighted by Crippen LogP contribution is -2.44. The highest BCUT2D eigenvalue weighted by Crippen LogP contribution is 2.45. The zero-order chi connectivity index (χ0) is 18.4. The van der Waals surface area contributed by atoms with Crippen LogP contribution in [0.25, 0.3) is 0 Å².